The molecule has 3 rings (SSSR count). The number of ketones is 1. The van der Waals surface area contributed by atoms with Crippen LogP contribution in [0.5, 0.6) is 17.2 Å². The first-order valence-electron chi connectivity index (χ1n) is 12.0. The van der Waals surface area contributed by atoms with E-state index in [9.17, 15) is 14.7 Å². The first kappa shape index (κ1) is 26.0. The van der Waals surface area contributed by atoms with Crippen LogP contribution in [0.3, 0.4) is 0 Å². The normalized spacial score (nSPS) is 11.3. The van der Waals surface area contributed by atoms with E-state index in [1.54, 1.807) is 37.4 Å². The maximum absolute atomic E-state index is 13.6. The highest BCUT2D eigenvalue weighted by molar-refractivity contribution is 6.11. The van der Waals surface area contributed by atoms with Gasteiger partial charge in [-0.05, 0) is 53.1 Å². The molecule has 0 aliphatic rings. The maximum atomic E-state index is 13.6. The number of aromatic carboxylic acids is 1. The Morgan fingerprint density at radius 1 is 0.714 bits per heavy atom. The molecule has 0 aliphatic carbocycles. The smallest absolute Gasteiger partial charge is 0.335 e. The third-order valence-corrected chi connectivity index (χ3v) is 6.08. The van der Waals surface area contributed by atoms with Crippen LogP contribution in [0.15, 0.2) is 54.6 Å². The molecule has 0 fully saturated rings. The standard InChI is InChI=1S/C30H34O5/c1-17(2)22-15-27(25(16-26(22)34-7)28(31)20-11-9-8-10-12-20)35-29-23(18(3)4)13-21(30(32)33)14-24(29)19(5)6/h8-19H,1-7H3,(H,32,33). The number of hydrogen-bond acceptors (Lipinski definition) is 4. The summed E-state index contributed by atoms with van der Waals surface area (Å²) < 4.78 is 12.2. The lowest BCUT2D eigenvalue weighted by atomic mass is 9.91. The van der Waals surface area contributed by atoms with E-state index in [0.29, 0.717) is 28.4 Å². The minimum absolute atomic E-state index is 0.0119. The van der Waals surface area contributed by atoms with Gasteiger partial charge in [0.15, 0.2) is 5.78 Å². The van der Waals surface area contributed by atoms with Crippen molar-refractivity contribution in [2.24, 2.45) is 0 Å². The van der Waals surface area contributed by atoms with Gasteiger partial charge in [0.1, 0.15) is 17.2 Å². The molecule has 5 heteroatoms. The van der Waals surface area contributed by atoms with Gasteiger partial charge in [-0.3, -0.25) is 4.79 Å². The van der Waals surface area contributed by atoms with Gasteiger partial charge in [-0.25, -0.2) is 4.79 Å². The van der Waals surface area contributed by atoms with Crippen LogP contribution in [-0.4, -0.2) is 24.0 Å². The number of carboxylic acids is 1. The Balaban J connectivity index is 2.29. The van der Waals surface area contributed by atoms with Crippen LogP contribution in [0.4, 0.5) is 0 Å². The fraction of sp³-hybridized carbons (Fsp3) is 0.333. The number of hydrogen-bond donors (Lipinski definition) is 1. The molecule has 1 N–H and O–H groups in total. The first-order chi connectivity index (χ1) is 16.5. The van der Waals surface area contributed by atoms with Crippen molar-refractivity contribution in [2.45, 2.75) is 59.3 Å². The second-order valence-corrected chi connectivity index (χ2v) is 9.64. The van der Waals surface area contributed by atoms with Gasteiger partial charge in [-0.1, -0.05) is 71.9 Å². The van der Waals surface area contributed by atoms with Crippen molar-refractivity contribution in [3.63, 3.8) is 0 Å². The van der Waals surface area contributed by atoms with Crippen LogP contribution >= 0.6 is 0 Å². The number of rotatable bonds is 9. The number of carboxylic acid groups (broad SMARTS) is 1. The molecular formula is C30H34O5. The lowest BCUT2D eigenvalue weighted by molar-refractivity contribution is 0.0696. The van der Waals surface area contributed by atoms with E-state index in [0.717, 1.165) is 16.7 Å². The van der Waals surface area contributed by atoms with E-state index in [2.05, 4.69) is 13.8 Å². The van der Waals surface area contributed by atoms with Crippen LogP contribution in [0.2, 0.25) is 0 Å². The number of carbonyl (C=O) groups excluding carboxylic acids is 1. The van der Waals surface area contributed by atoms with E-state index in [4.69, 9.17) is 9.47 Å². The summed E-state index contributed by atoms with van der Waals surface area (Å²) in [6, 6.07) is 16.0. The second-order valence-electron chi connectivity index (χ2n) is 9.64. The molecule has 3 aromatic carbocycles. The van der Waals surface area contributed by atoms with Gasteiger partial charge in [-0.15, -0.1) is 0 Å². The average Bonchev–Trinajstić information content (AvgIpc) is 2.83. The molecule has 0 saturated carbocycles. The summed E-state index contributed by atoms with van der Waals surface area (Å²) in [5, 5.41) is 9.68. The maximum Gasteiger partial charge on any atom is 0.335 e. The number of ether oxygens (including phenoxy) is 2. The van der Waals surface area contributed by atoms with Crippen molar-refractivity contribution in [3.8, 4) is 17.2 Å². The van der Waals surface area contributed by atoms with Crippen LogP contribution in [-0.2, 0) is 0 Å². The van der Waals surface area contributed by atoms with E-state index in [1.807, 2.05) is 52.0 Å². The Morgan fingerprint density at radius 3 is 1.71 bits per heavy atom. The van der Waals surface area contributed by atoms with Gasteiger partial charge in [0.05, 0.1) is 18.2 Å². The molecule has 0 unspecified atom stereocenters. The average molecular weight is 475 g/mol. The first-order valence-corrected chi connectivity index (χ1v) is 12.0. The Hall–Kier alpha value is -3.60. The minimum Gasteiger partial charge on any atom is -0.496 e. The molecule has 0 aliphatic heterocycles. The van der Waals surface area contributed by atoms with Crippen molar-refractivity contribution in [3.05, 3.63) is 88.0 Å². The van der Waals surface area contributed by atoms with Gasteiger partial charge in [-0.2, -0.15) is 0 Å². The monoisotopic (exact) mass is 474 g/mol. The number of benzene rings is 3. The van der Waals surface area contributed by atoms with Crippen LogP contribution in [0.25, 0.3) is 0 Å². The van der Waals surface area contributed by atoms with Gasteiger partial charge >= 0.3 is 5.97 Å². The quantitative estimate of drug-likeness (QED) is 0.320. The summed E-state index contributed by atoms with van der Waals surface area (Å²) in [6.45, 7) is 12.1. The molecule has 3 aromatic rings. The molecule has 35 heavy (non-hydrogen) atoms. The lowest BCUT2D eigenvalue weighted by Gasteiger charge is -2.23. The van der Waals surface area contributed by atoms with Gasteiger partial charge in [0.2, 0.25) is 0 Å². The van der Waals surface area contributed by atoms with Crippen LogP contribution in [0.1, 0.15) is 102 Å². The van der Waals surface area contributed by atoms with Crippen LogP contribution < -0.4 is 9.47 Å². The lowest BCUT2D eigenvalue weighted by Crippen LogP contribution is -2.09. The van der Waals surface area contributed by atoms with Crippen LogP contribution in [0, 0.1) is 0 Å². The highest BCUT2D eigenvalue weighted by Crippen LogP contribution is 2.42. The largest absolute Gasteiger partial charge is 0.496 e. The molecule has 0 aromatic heterocycles. The molecule has 0 heterocycles. The summed E-state index contributed by atoms with van der Waals surface area (Å²) in [5.41, 5.74) is 3.66. The summed E-state index contributed by atoms with van der Waals surface area (Å²) in [4.78, 5) is 25.4. The molecule has 5 nitrogen and oxygen atoms in total. The van der Waals surface area contributed by atoms with Crippen molar-refractivity contribution < 1.29 is 24.2 Å². The molecule has 0 spiro atoms. The van der Waals surface area contributed by atoms with Crippen molar-refractivity contribution in [1.29, 1.82) is 0 Å². The zero-order valence-corrected chi connectivity index (χ0v) is 21.5. The van der Waals surface area contributed by atoms with E-state index in [-0.39, 0.29) is 29.1 Å². The minimum atomic E-state index is -0.980. The predicted molar refractivity (Wildman–Crippen MR) is 139 cm³/mol. The molecule has 184 valence electrons. The highest BCUT2D eigenvalue weighted by Gasteiger charge is 2.25. The van der Waals surface area contributed by atoms with Gasteiger partial charge in [0.25, 0.3) is 0 Å². The Bertz CT molecular complexity index is 1190. The van der Waals surface area contributed by atoms with Crippen molar-refractivity contribution in [2.75, 3.05) is 7.11 Å². The summed E-state index contributed by atoms with van der Waals surface area (Å²) in [6.07, 6.45) is 0. The molecule has 0 radical (unpaired) electrons. The Kier molecular flexibility index (Phi) is 8.00. The Morgan fingerprint density at radius 2 is 1.26 bits per heavy atom. The second kappa shape index (κ2) is 10.8. The summed E-state index contributed by atoms with van der Waals surface area (Å²) in [7, 11) is 1.59. The zero-order chi connectivity index (χ0) is 25.9. The zero-order valence-electron chi connectivity index (χ0n) is 21.5. The van der Waals surface area contributed by atoms with Crippen molar-refractivity contribution >= 4 is 11.8 Å². The van der Waals surface area contributed by atoms with E-state index < -0.39 is 5.97 Å². The molecule has 0 bridgehead atoms. The van der Waals surface area contributed by atoms with Crippen molar-refractivity contribution in [1.82, 2.24) is 0 Å². The summed E-state index contributed by atoms with van der Waals surface area (Å²) in [5.74, 6) is 0.658. The fourth-order valence-corrected chi connectivity index (χ4v) is 4.09. The fourth-order valence-electron chi connectivity index (χ4n) is 4.09. The van der Waals surface area contributed by atoms with Gasteiger partial charge in [0, 0.05) is 11.1 Å². The highest BCUT2D eigenvalue weighted by atomic mass is 16.5. The molecule has 0 atom stereocenters. The van der Waals surface area contributed by atoms with Gasteiger partial charge < -0.3 is 14.6 Å². The number of methoxy groups -OCH3 is 1. The topological polar surface area (TPSA) is 72.8 Å². The van der Waals surface area contributed by atoms with E-state index in [1.165, 1.54) is 0 Å². The molecular weight excluding hydrogens is 440 g/mol. The van der Waals surface area contributed by atoms with E-state index >= 15 is 0 Å². The third kappa shape index (κ3) is 5.56. The SMILES string of the molecule is COc1cc(C(=O)c2ccccc2)c(Oc2c(C(C)C)cc(C(=O)O)cc2C(C)C)cc1C(C)C. The molecule has 0 amide bonds. The summed E-state index contributed by atoms with van der Waals surface area (Å²) >= 11 is 0. The third-order valence-electron chi connectivity index (χ3n) is 6.08. The molecule has 0 saturated heterocycles. The number of carbonyl (C=O) groups is 2. The predicted octanol–water partition coefficient (Wildman–Crippen LogP) is 7.79. The Labute approximate surface area is 207 Å².